The Labute approximate surface area is 68.6 Å². The molecular formula is C9H18O2. The quantitative estimate of drug-likeness (QED) is 0.673. The molecule has 1 aliphatic heterocycles. The van der Waals surface area contributed by atoms with Crippen molar-refractivity contribution in [2.45, 2.75) is 33.3 Å². The van der Waals surface area contributed by atoms with Gasteiger partial charge in [0.2, 0.25) is 0 Å². The van der Waals surface area contributed by atoms with Gasteiger partial charge in [0, 0.05) is 11.3 Å². The molecular weight excluding hydrogens is 140 g/mol. The van der Waals surface area contributed by atoms with Gasteiger partial charge in [-0.05, 0) is 6.42 Å². The number of rotatable bonds is 3. The molecule has 66 valence electrons. The number of aliphatic hydroxyl groups excluding tert-OH is 1. The SMILES string of the molecule is CCC1COC1C(C)(C)CO. The fourth-order valence-corrected chi connectivity index (χ4v) is 1.61. The Balaban J connectivity index is 2.47. The van der Waals surface area contributed by atoms with E-state index in [1.54, 1.807) is 0 Å². The summed E-state index contributed by atoms with van der Waals surface area (Å²) in [5, 5.41) is 9.06. The maximum Gasteiger partial charge on any atom is 0.0698 e. The average molecular weight is 158 g/mol. The summed E-state index contributed by atoms with van der Waals surface area (Å²) in [5.74, 6) is 0.664. The molecule has 2 atom stereocenters. The maximum absolute atomic E-state index is 9.06. The lowest BCUT2D eigenvalue weighted by atomic mass is 9.76. The normalized spacial score (nSPS) is 31.6. The molecule has 0 bridgehead atoms. The minimum atomic E-state index is -0.0566. The standard InChI is InChI=1S/C9H18O2/c1-4-7-5-11-8(7)9(2,3)6-10/h7-8,10H,4-6H2,1-3H3. The first-order chi connectivity index (χ1) is 5.11. The Morgan fingerprint density at radius 3 is 2.45 bits per heavy atom. The molecule has 2 heteroatoms. The van der Waals surface area contributed by atoms with Gasteiger partial charge in [0.05, 0.1) is 19.3 Å². The van der Waals surface area contributed by atoms with E-state index in [0.717, 1.165) is 13.0 Å². The van der Waals surface area contributed by atoms with Crippen LogP contribution in [0.2, 0.25) is 0 Å². The van der Waals surface area contributed by atoms with Crippen molar-refractivity contribution in [2.24, 2.45) is 11.3 Å². The molecule has 0 radical (unpaired) electrons. The van der Waals surface area contributed by atoms with Crippen LogP contribution in [0.1, 0.15) is 27.2 Å². The van der Waals surface area contributed by atoms with Gasteiger partial charge in [0.15, 0.2) is 0 Å². The van der Waals surface area contributed by atoms with Crippen LogP contribution in [0.25, 0.3) is 0 Å². The average Bonchev–Trinajstić information content (AvgIpc) is 1.86. The van der Waals surface area contributed by atoms with Gasteiger partial charge in [-0.25, -0.2) is 0 Å². The third-order valence-corrected chi connectivity index (χ3v) is 2.62. The van der Waals surface area contributed by atoms with Gasteiger partial charge >= 0.3 is 0 Å². The van der Waals surface area contributed by atoms with Crippen molar-refractivity contribution in [1.29, 1.82) is 0 Å². The Morgan fingerprint density at radius 2 is 2.18 bits per heavy atom. The number of hydrogen-bond acceptors (Lipinski definition) is 2. The summed E-state index contributed by atoms with van der Waals surface area (Å²) in [7, 11) is 0. The highest BCUT2D eigenvalue weighted by Gasteiger charge is 2.41. The van der Waals surface area contributed by atoms with E-state index >= 15 is 0 Å². The van der Waals surface area contributed by atoms with Crippen LogP contribution in [0, 0.1) is 11.3 Å². The van der Waals surface area contributed by atoms with Crippen molar-refractivity contribution in [3.05, 3.63) is 0 Å². The van der Waals surface area contributed by atoms with Crippen LogP contribution >= 0.6 is 0 Å². The number of aliphatic hydroxyl groups is 1. The molecule has 0 saturated carbocycles. The highest BCUT2D eigenvalue weighted by molar-refractivity contribution is 4.89. The fraction of sp³-hybridized carbons (Fsp3) is 1.00. The van der Waals surface area contributed by atoms with Crippen molar-refractivity contribution in [1.82, 2.24) is 0 Å². The lowest BCUT2D eigenvalue weighted by Crippen LogP contribution is -2.50. The lowest BCUT2D eigenvalue weighted by molar-refractivity contribution is -0.180. The zero-order valence-electron chi connectivity index (χ0n) is 7.63. The van der Waals surface area contributed by atoms with E-state index in [9.17, 15) is 0 Å². The van der Waals surface area contributed by atoms with E-state index in [0.29, 0.717) is 5.92 Å². The third-order valence-electron chi connectivity index (χ3n) is 2.62. The lowest BCUT2D eigenvalue weighted by Gasteiger charge is -2.45. The topological polar surface area (TPSA) is 29.5 Å². The summed E-state index contributed by atoms with van der Waals surface area (Å²) in [4.78, 5) is 0. The molecule has 2 unspecified atom stereocenters. The van der Waals surface area contributed by atoms with Crippen LogP contribution in [0.15, 0.2) is 0 Å². The molecule has 2 nitrogen and oxygen atoms in total. The van der Waals surface area contributed by atoms with E-state index in [4.69, 9.17) is 9.84 Å². The summed E-state index contributed by atoms with van der Waals surface area (Å²) in [6.07, 6.45) is 1.44. The first kappa shape index (κ1) is 9.01. The molecule has 0 aliphatic carbocycles. The van der Waals surface area contributed by atoms with E-state index in [1.807, 2.05) is 0 Å². The van der Waals surface area contributed by atoms with E-state index in [2.05, 4.69) is 20.8 Å². The third kappa shape index (κ3) is 1.57. The zero-order valence-corrected chi connectivity index (χ0v) is 7.63. The van der Waals surface area contributed by atoms with E-state index in [-0.39, 0.29) is 18.1 Å². The van der Waals surface area contributed by atoms with Crippen molar-refractivity contribution in [2.75, 3.05) is 13.2 Å². The van der Waals surface area contributed by atoms with Crippen LogP contribution in [0.5, 0.6) is 0 Å². The first-order valence-electron chi connectivity index (χ1n) is 4.34. The largest absolute Gasteiger partial charge is 0.396 e. The van der Waals surface area contributed by atoms with Crippen LogP contribution in [-0.4, -0.2) is 24.4 Å². The molecule has 0 aromatic rings. The minimum absolute atomic E-state index is 0.0566. The minimum Gasteiger partial charge on any atom is -0.396 e. The predicted octanol–water partition coefficient (Wildman–Crippen LogP) is 1.43. The van der Waals surface area contributed by atoms with Crippen LogP contribution in [-0.2, 0) is 4.74 Å². The van der Waals surface area contributed by atoms with Crippen molar-refractivity contribution < 1.29 is 9.84 Å². The molecule has 0 aromatic heterocycles. The highest BCUT2D eigenvalue weighted by Crippen LogP contribution is 2.36. The monoisotopic (exact) mass is 158 g/mol. The molecule has 0 spiro atoms. The van der Waals surface area contributed by atoms with Gasteiger partial charge in [-0.2, -0.15) is 0 Å². The second-order valence-corrected chi connectivity index (χ2v) is 4.07. The Hall–Kier alpha value is -0.0800. The fourth-order valence-electron chi connectivity index (χ4n) is 1.61. The molecule has 1 rings (SSSR count). The van der Waals surface area contributed by atoms with Crippen molar-refractivity contribution >= 4 is 0 Å². The molecule has 1 heterocycles. The van der Waals surface area contributed by atoms with Gasteiger partial charge in [0.1, 0.15) is 0 Å². The second kappa shape index (κ2) is 3.11. The summed E-state index contributed by atoms with van der Waals surface area (Å²) < 4.78 is 5.43. The van der Waals surface area contributed by atoms with E-state index in [1.165, 1.54) is 0 Å². The molecule has 1 aliphatic rings. The summed E-state index contributed by atoms with van der Waals surface area (Å²) in [5.41, 5.74) is -0.0566. The maximum atomic E-state index is 9.06. The summed E-state index contributed by atoms with van der Waals surface area (Å²) >= 11 is 0. The van der Waals surface area contributed by atoms with Crippen LogP contribution in [0.4, 0.5) is 0 Å². The van der Waals surface area contributed by atoms with Crippen LogP contribution in [0.3, 0.4) is 0 Å². The number of ether oxygens (including phenoxy) is 1. The molecule has 0 aromatic carbocycles. The Morgan fingerprint density at radius 1 is 1.55 bits per heavy atom. The van der Waals surface area contributed by atoms with Gasteiger partial charge in [-0.1, -0.05) is 20.8 Å². The van der Waals surface area contributed by atoms with Gasteiger partial charge in [0.25, 0.3) is 0 Å². The number of hydrogen-bond donors (Lipinski definition) is 1. The smallest absolute Gasteiger partial charge is 0.0698 e. The highest BCUT2D eigenvalue weighted by atomic mass is 16.5. The van der Waals surface area contributed by atoms with Crippen molar-refractivity contribution in [3.8, 4) is 0 Å². The predicted molar refractivity (Wildman–Crippen MR) is 44.4 cm³/mol. The summed E-state index contributed by atoms with van der Waals surface area (Å²) in [6.45, 7) is 7.38. The zero-order chi connectivity index (χ0) is 8.48. The Bertz CT molecular complexity index is 130. The molecule has 1 fully saturated rings. The summed E-state index contributed by atoms with van der Waals surface area (Å²) in [6, 6.07) is 0. The van der Waals surface area contributed by atoms with Gasteiger partial charge < -0.3 is 9.84 Å². The Kier molecular flexibility index (Phi) is 2.55. The first-order valence-corrected chi connectivity index (χ1v) is 4.34. The van der Waals surface area contributed by atoms with E-state index < -0.39 is 0 Å². The van der Waals surface area contributed by atoms with Crippen molar-refractivity contribution in [3.63, 3.8) is 0 Å². The van der Waals surface area contributed by atoms with Crippen LogP contribution < -0.4 is 0 Å². The molecule has 1 N–H and O–H groups in total. The molecule has 11 heavy (non-hydrogen) atoms. The van der Waals surface area contributed by atoms with Gasteiger partial charge in [-0.3, -0.25) is 0 Å². The molecule has 1 saturated heterocycles. The second-order valence-electron chi connectivity index (χ2n) is 4.07. The molecule has 0 amide bonds. The van der Waals surface area contributed by atoms with Gasteiger partial charge in [-0.15, -0.1) is 0 Å².